The summed E-state index contributed by atoms with van der Waals surface area (Å²) in [6.45, 7) is 1.52. The van der Waals surface area contributed by atoms with E-state index < -0.39 is 32.7 Å². The molecule has 0 spiro atoms. The Morgan fingerprint density at radius 3 is 2.53 bits per heavy atom. The van der Waals surface area contributed by atoms with Crippen molar-refractivity contribution in [1.82, 2.24) is 4.72 Å². The molecule has 1 aromatic carbocycles. The first-order valence-electron chi connectivity index (χ1n) is 4.88. The van der Waals surface area contributed by atoms with Crippen LogP contribution in [0.1, 0.15) is 13.3 Å². The number of halogens is 1. The van der Waals surface area contributed by atoms with Crippen molar-refractivity contribution >= 4 is 16.0 Å². The molecule has 94 valence electrons. The van der Waals surface area contributed by atoms with Crippen molar-refractivity contribution in [3.8, 4) is 0 Å². The monoisotopic (exact) mass is 261 g/mol. The van der Waals surface area contributed by atoms with E-state index in [0.717, 1.165) is 12.1 Å². The summed E-state index contributed by atoms with van der Waals surface area (Å²) < 4.78 is 38.6. The van der Waals surface area contributed by atoms with Crippen LogP contribution >= 0.6 is 0 Å². The number of benzene rings is 1. The van der Waals surface area contributed by atoms with Gasteiger partial charge in [-0.2, -0.15) is 4.72 Å². The fraction of sp³-hybridized carbons (Fsp3) is 0.300. The lowest BCUT2D eigenvalue weighted by atomic mass is 10.2. The molecule has 0 saturated carbocycles. The van der Waals surface area contributed by atoms with Crippen molar-refractivity contribution in [2.75, 3.05) is 0 Å². The summed E-state index contributed by atoms with van der Waals surface area (Å²) in [7, 11) is -4.15. The largest absolute Gasteiger partial charge is 0.480 e. The van der Waals surface area contributed by atoms with Crippen LogP contribution in [0.5, 0.6) is 0 Å². The van der Waals surface area contributed by atoms with Crippen molar-refractivity contribution in [3.63, 3.8) is 0 Å². The third kappa shape index (κ3) is 3.24. The zero-order chi connectivity index (χ0) is 13.1. The number of sulfonamides is 1. The second-order valence-electron chi connectivity index (χ2n) is 3.35. The molecule has 0 aliphatic rings. The first-order valence-corrected chi connectivity index (χ1v) is 6.36. The van der Waals surface area contributed by atoms with Crippen LogP contribution in [0.15, 0.2) is 29.2 Å². The summed E-state index contributed by atoms with van der Waals surface area (Å²) in [5.41, 5.74) is 0. The highest BCUT2D eigenvalue weighted by Gasteiger charge is 2.25. The summed E-state index contributed by atoms with van der Waals surface area (Å²) in [5, 5.41) is 8.73. The third-order valence-corrected chi connectivity index (χ3v) is 3.63. The molecule has 0 bridgehead atoms. The smallest absolute Gasteiger partial charge is 0.321 e. The van der Waals surface area contributed by atoms with Crippen LogP contribution in [0.3, 0.4) is 0 Å². The highest BCUT2D eigenvalue weighted by atomic mass is 32.2. The second kappa shape index (κ2) is 5.24. The number of carboxylic acids is 1. The van der Waals surface area contributed by atoms with Crippen LogP contribution in [-0.2, 0) is 14.8 Å². The molecule has 0 amide bonds. The van der Waals surface area contributed by atoms with E-state index >= 15 is 0 Å². The van der Waals surface area contributed by atoms with Gasteiger partial charge in [-0.05, 0) is 18.6 Å². The van der Waals surface area contributed by atoms with Crippen LogP contribution in [-0.4, -0.2) is 25.5 Å². The fourth-order valence-electron chi connectivity index (χ4n) is 1.22. The van der Waals surface area contributed by atoms with E-state index in [1.807, 2.05) is 4.72 Å². The molecule has 0 radical (unpaired) electrons. The summed E-state index contributed by atoms with van der Waals surface area (Å²) in [5.74, 6) is -2.22. The Kier molecular flexibility index (Phi) is 4.19. The Labute approximate surface area is 98.3 Å². The lowest BCUT2D eigenvalue weighted by Crippen LogP contribution is -2.40. The summed E-state index contributed by atoms with van der Waals surface area (Å²) >= 11 is 0. The molecule has 7 heteroatoms. The van der Waals surface area contributed by atoms with Crippen molar-refractivity contribution in [2.24, 2.45) is 0 Å². The second-order valence-corrected chi connectivity index (χ2v) is 5.03. The number of rotatable bonds is 5. The minimum absolute atomic E-state index is 0.0724. The minimum Gasteiger partial charge on any atom is -0.480 e. The highest BCUT2D eigenvalue weighted by Crippen LogP contribution is 2.14. The van der Waals surface area contributed by atoms with Crippen molar-refractivity contribution in [2.45, 2.75) is 24.3 Å². The van der Waals surface area contributed by atoms with Crippen LogP contribution < -0.4 is 4.72 Å². The number of hydrogen-bond acceptors (Lipinski definition) is 3. The Morgan fingerprint density at radius 2 is 2.06 bits per heavy atom. The number of nitrogens with one attached hydrogen (secondary N) is 1. The molecule has 1 aromatic rings. The first kappa shape index (κ1) is 13.6. The van der Waals surface area contributed by atoms with E-state index in [1.54, 1.807) is 0 Å². The summed E-state index contributed by atoms with van der Waals surface area (Å²) in [4.78, 5) is 10.1. The highest BCUT2D eigenvalue weighted by molar-refractivity contribution is 7.89. The Morgan fingerprint density at radius 1 is 1.47 bits per heavy atom. The van der Waals surface area contributed by atoms with E-state index in [1.165, 1.54) is 19.1 Å². The van der Waals surface area contributed by atoms with Gasteiger partial charge in [0, 0.05) is 0 Å². The molecule has 5 nitrogen and oxygen atoms in total. The first-order chi connectivity index (χ1) is 7.88. The molecule has 0 fully saturated rings. The zero-order valence-electron chi connectivity index (χ0n) is 9.05. The SMILES string of the molecule is CCC(NS(=O)(=O)c1ccccc1F)C(=O)O. The van der Waals surface area contributed by atoms with E-state index in [4.69, 9.17) is 5.11 Å². The predicted octanol–water partition coefficient (Wildman–Crippen LogP) is 0.967. The van der Waals surface area contributed by atoms with E-state index in [2.05, 4.69) is 0 Å². The van der Waals surface area contributed by atoms with Crippen LogP contribution in [0, 0.1) is 5.82 Å². The molecule has 1 rings (SSSR count). The average molecular weight is 261 g/mol. The molecule has 0 aliphatic heterocycles. The maximum absolute atomic E-state index is 13.3. The Bertz CT molecular complexity index is 515. The van der Waals surface area contributed by atoms with Gasteiger partial charge in [0.15, 0.2) is 0 Å². The maximum atomic E-state index is 13.3. The van der Waals surface area contributed by atoms with Crippen molar-refractivity contribution in [1.29, 1.82) is 0 Å². The molecule has 2 N–H and O–H groups in total. The van der Waals surface area contributed by atoms with Crippen LogP contribution in [0.25, 0.3) is 0 Å². The maximum Gasteiger partial charge on any atom is 0.321 e. The molecule has 1 unspecified atom stereocenters. The van der Waals surface area contributed by atoms with Gasteiger partial charge in [-0.3, -0.25) is 4.79 Å². The van der Waals surface area contributed by atoms with Gasteiger partial charge in [0.1, 0.15) is 16.8 Å². The lowest BCUT2D eigenvalue weighted by Gasteiger charge is -2.12. The van der Waals surface area contributed by atoms with Crippen molar-refractivity contribution in [3.05, 3.63) is 30.1 Å². The Balaban J connectivity index is 3.05. The Hall–Kier alpha value is -1.47. The summed E-state index contributed by atoms with van der Waals surface area (Å²) in [6, 6.07) is 3.52. The molecule has 0 aromatic heterocycles. The van der Waals surface area contributed by atoms with Gasteiger partial charge in [-0.25, -0.2) is 12.8 Å². The zero-order valence-corrected chi connectivity index (χ0v) is 9.87. The van der Waals surface area contributed by atoms with Gasteiger partial charge in [0.05, 0.1) is 0 Å². The van der Waals surface area contributed by atoms with Gasteiger partial charge in [0.2, 0.25) is 10.0 Å². The average Bonchev–Trinajstić information content (AvgIpc) is 2.26. The minimum atomic E-state index is -4.15. The van der Waals surface area contributed by atoms with Crippen molar-refractivity contribution < 1.29 is 22.7 Å². The third-order valence-electron chi connectivity index (χ3n) is 2.13. The predicted molar refractivity (Wildman–Crippen MR) is 58.4 cm³/mol. The van der Waals surface area contributed by atoms with Gasteiger partial charge in [-0.1, -0.05) is 19.1 Å². The molecule has 1 atom stereocenters. The number of aliphatic carboxylic acids is 1. The summed E-state index contributed by atoms with van der Waals surface area (Å²) in [6.07, 6.45) is 0.0724. The topological polar surface area (TPSA) is 83.5 Å². The van der Waals surface area contributed by atoms with Gasteiger partial charge < -0.3 is 5.11 Å². The standard InChI is InChI=1S/C10H12FNO4S/c1-2-8(10(13)14)12-17(15,16)9-6-4-3-5-7(9)11/h3-6,8,12H,2H2,1H3,(H,13,14). The molecule has 0 heterocycles. The lowest BCUT2D eigenvalue weighted by molar-refractivity contribution is -0.139. The number of carbonyl (C=O) groups is 1. The van der Waals surface area contributed by atoms with E-state index in [9.17, 15) is 17.6 Å². The molecule has 0 aliphatic carbocycles. The van der Waals surface area contributed by atoms with Gasteiger partial charge in [-0.15, -0.1) is 0 Å². The number of hydrogen-bond donors (Lipinski definition) is 2. The normalized spacial score (nSPS) is 13.3. The molecular weight excluding hydrogens is 249 g/mol. The van der Waals surface area contributed by atoms with Crippen LogP contribution in [0.4, 0.5) is 4.39 Å². The quantitative estimate of drug-likeness (QED) is 0.827. The van der Waals surface area contributed by atoms with E-state index in [0.29, 0.717) is 0 Å². The molecular formula is C10H12FNO4S. The fourth-order valence-corrected chi connectivity index (χ4v) is 2.57. The van der Waals surface area contributed by atoms with Crippen LogP contribution in [0.2, 0.25) is 0 Å². The number of carboxylic acid groups (broad SMARTS) is 1. The molecule has 17 heavy (non-hydrogen) atoms. The van der Waals surface area contributed by atoms with Gasteiger partial charge >= 0.3 is 5.97 Å². The van der Waals surface area contributed by atoms with Gasteiger partial charge in [0.25, 0.3) is 0 Å². The molecule has 0 saturated heterocycles. The van der Waals surface area contributed by atoms with E-state index in [-0.39, 0.29) is 6.42 Å².